The largest absolute Gasteiger partial charge is 0.481 e. The lowest BCUT2D eigenvalue weighted by atomic mass is 10.1. The third kappa shape index (κ3) is 3.43. The Morgan fingerprint density at radius 3 is 2.48 bits per heavy atom. The fraction of sp³-hybridized carbons (Fsp3) is 0.278. The second-order valence-corrected chi connectivity index (χ2v) is 5.58. The minimum Gasteiger partial charge on any atom is -0.481 e. The highest BCUT2D eigenvalue weighted by molar-refractivity contribution is 5.70. The van der Waals surface area contributed by atoms with Crippen LogP contribution in [0.25, 0.3) is 0 Å². The van der Waals surface area contributed by atoms with Gasteiger partial charge < -0.3 is 10.4 Å². The summed E-state index contributed by atoms with van der Waals surface area (Å²) < 4.78 is 0. The van der Waals surface area contributed by atoms with Crippen LogP contribution in [0.5, 0.6) is 0 Å². The molecule has 1 aliphatic carbocycles. The Balaban J connectivity index is 1.61. The summed E-state index contributed by atoms with van der Waals surface area (Å²) >= 11 is 0. The van der Waals surface area contributed by atoms with Crippen LogP contribution >= 0.6 is 0 Å². The van der Waals surface area contributed by atoms with Gasteiger partial charge in [0.05, 0.1) is 6.42 Å². The summed E-state index contributed by atoms with van der Waals surface area (Å²) in [5, 5.41) is 12.2. The summed E-state index contributed by atoms with van der Waals surface area (Å²) in [7, 11) is 0. The first kappa shape index (κ1) is 13.7. The van der Waals surface area contributed by atoms with Crippen molar-refractivity contribution in [1.29, 1.82) is 0 Å². The number of anilines is 1. The standard InChI is InChI=1S/C18H19NO2/c20-18(21)10-13-4-6-14(7-5-13)12-19-17-9-8-15-2-1-3-16(15)11-17/h4-9,11,19H,1-3,10,12H2,(H,20,21). The molecule has 108 valence electrons. The number of nitrogens with one attached hydrogen (secondary N) is 1. The lowest BCUT2D eigenvalue weighted by Gasteiger charge is -2.09. The molecule has 2 N–H and O–H groups in total. The molecule has 0 aromatic heterocycles. The van der Waals surface area contributed by atoms with Crippen LogP contribution in [0.4, 0.5) is 5.69 Å². The van der Waals surface area contributed by atoms with E-state index in [0.717, 1.165) is 23.4 Å². The number of hydrogen-bond acceptors (Lipinski definition) is 2. The monoisotopic (exact) mass is 281 g/mol. The van der Waals surface area contributed by atoms with Gasteiger partial charge in [-0.25, -0.2) is 0 Å². The van der Waals surface area contributed by atoms with Gasteiger partial charge in [-0.2, -0.15) is 0 Å². The summed E-state index contributed by atoms with van der Waals surface area (Å²) in [4.78, 5) is 10.6. The maximum atomic E-state index is 10.6. The van der Waals surface area contributed by atoms with Gasteiger partial charge in [-0.05, 0) is 53.6 Å². The van der Waals surface area contributed by atoms with Gasteiger partial charge in [-0.1, -0.05) is 30.3 Å². The van der Waals surface area contributed by atoms with Crippen molar-refractivity contribution in [2.75, 3.05) is 5.32 Å². The number of benzene rings is 2. The van der Waals surface area contributed by atoms with Crippen LogP contribution in [0.3, 0.4) is 0 Å². The van der Waals surface area contributed by atoms with Crippen molar-refractivity contribution in [3.05, 3.63) is 64.7 Å². The Kier molecular flexibility index (Phi) is 3.91. The molecule has 0 saturated carbocycles. The maximum absolute atomic E-state index is 10.6. The summed E-state index contributed by atoms with van der Waals surface area (Å²) in [6, 6.07) is 14.4. The summed E-state index contributed by atoms with van der Waals surface area (Å²) in [6.45, 7) is 0.756. The van der Waals surface area contributed by atoms with Crippen molar-refractivity contribution in [1.82, 2.24) is 0 Å². The SMILES string of the molecule is O=C(O)Cc1ccc(CNc2ccc3c(c2)CCC3)cc1. The first-order valence-corrected chi connectivity index (χ1v) is 7.36. The zero-order chi connectivity index (χ0) is 14.7. The normalized spacial score (nSPS) is 13.0. The van der Waals surface area contributed by atoms with E-state index in [0.29, 0.717) is 0 Å². The molecule has 0 bridgehead atoms. The molecule has 0 fully saturated rings. The first-order valence-electron chi connectivity index (χ1n) is 7.36. The van der Waals surface area contributed by atoms with Crippen LogP contribution in [-0.4, -0.2) is 11.1 Å². The number of rotatable bonds is 5. The molecule has 3 rings (SSSR count). The van der Waals surface area contributed by atoms with E-state index >= 15 is 0 Å². The molecule has 0 unspecified atom stereocenters. The van der Waals surface area contributed by atoms with E-state index in [1.54, 1.807) is 0 Å². The number of carbonyl (C=O) groups is 1. The molecule has 21 heavy (non-hydrogen) atoms. The predicted molar refractivity (Wildman–Crippen MR) is 83.6 cm³/mol. The van der Waals surface area contributed by atoms with E-state index in [9.17, 15) is 4.79 Å². The number of aliphatic carboxylic acids is 1. The highest BCUT2D eigenvalue weighted by atomic mass is 16.4. The third-order valence-electron chi connectivity index (χ3n) is 3.97. The average molecular weight is 281 g/mol. The van der Waals surface area contributed by atoms with Gasteiger partial charge in [-0.3, -0.25) is 4.79 Å². The summed E-state index contributed by atoms with van der Waals surface area (Å²) in [6.07, 6.45) is 3.75. The average Bonchev–Trinajstić information content (AvgIpc) is 2.93. The molecule has 2 aromatic carbocycles. The van der Waals surface area contributed by atoms with Crippen LogP contribution in [0.15, 0.2) is 42.5 Å². The molecule has 3 heteroatoms. The van der Waals surface area contributed by atoms with Crippen molar-refractivity contribution in [2.24, 2.45) is 0 Å². The molecular formula is C18H19NO2. The minimum absolute atomic E-state index is 0.0819. The maximum Gasteiger partial charge on any atom is 0.307 e. The lowest BCUT2D eigenvalue weighted by molar-refractivity contribution is -0.136. The van der Waals surface area contributed by atoms with Gasteiger partial charge in [0.1, 0.15) is 0 Å². The Labute approximate surface area is 124 Å². The van der Waals surface area contributed by atoms with Crippen LogP contribution in [0, 0.1) is 0 Å². The number of fused-ring (bicyclic) bond motifs is 1. The van der Waals surface area contributed by atoms with Gasteiger partial charge in [0.2, 0.25) is 0 Å². The van der Waals surface area contributed by atoms with Crippen LogP contribution in [-0.2, 0) is 30.6 Å². The van der Waals surface area contributed by atoms with Gasteiger partial charge in [0.25, 0.3) is 0 Å². The quantitative estimate of drug-likeness (QED) is 0.883. The fourth-order valence-electron chi connectivity index (χ4n) is 2.84. The molecule has 1 aliphatic rings. The smallest absolute Gasteiger partial charge is 0.307 e. The molecule has 0 amide bonds. The zero-order valence-corrected chi connectivity index (χ0v) is 11.9. The van der Waals surface area contributed by atoms with E-state index in [1.165, 1.54) is 30.4 Å². The molecule has 0 saturated heterocycles. The zero-order valence-electron chi connectivity index (χ0n) is 11.9. The molecule has 3 nitrogen and oxygen atoms in total. The molecule has 2 aromatic rings. The van der Waals surface area contributed by atoms with E-state index in [1.807, 2.05) is 24.3 Å². The second kappa shape index (κ2) is 6.00. The predicted octanol–water partition coefficient (Wildman–Crippen LogP) is 3.41. The number of aryl methyl sites for hydroxylation is 2. The molecule has 0 atom stereocenters. The van der Waals surface area contributed by atoms with Crippen LogP contribution in [0.2, 0.25) is 0 Å². The Bertz CT molecular complexity index is 647. The summed E-state index contributed by atoms with van der Waals surface area (Å²) in [5.41, 5.74) is 6.11. The Morgan fingerprint density at radius 1 is 1.00 bits per heavy atom. The molecular weight excluding hydrogens is 262 g/mol. The second-order valence-electron chi connectivity index (χ2n) is 5.58. The van der Waals surface area contributed by atoms with Crippen LogP contribution < -0.4 is 5.32 Å². The van der Waals surface area contributed by atoms with Crippen molar-refractivity contribution < 1.29 is 9.90 Å². The van der Waals surface area contributed by atoms with Gasteiger partial charge in [0.15, 0.2) is 0 Å². The Morgan fingerprint density at radius 2 is 1.71 bits per heavy atom. The van der Waals surface area contributed by atoms with Crippen molar-refractivity contribution in [3.8, 4) is 0 Å². The van der Waals surface area contributed by atoms with E-state index in [-0.39, 0.29) is 6.42 Å². The molecule has 0 spiro atoms. The van der Waals surface area contributed by atoms with E-state index < -0.39 is 5.97 Å². The van der Waals surface area contributed by atoms with Crippen LogP contribution in [0.1, 0.15) is 28.7 Å². The van der Waals surface area contributed by atoms with E-state index in [4.69, 9.17) is 5.11 Å². The topological polar surface area (TPSA) is 49.3 Å². The Hall–Kier alpha value is -2.29. The van der Waals surface area contributed by atoms with Crippen molar-refractivity contribution in [2.45, 2.75) is 32.2 Å². The van der Waals surface area contributed by atoms with Gasteiger partial charge in [0, 0.05) is 12.2 Å². The highest BCUT2D eigenvalue weighted by Gasteiger charge is 2.10. The van der Waals surface area contributed by atoms with Gasteiger partial charge >= 0.3 is 5.97 Å². The molecule has 0 aliphatic heterocycles. The van der Waals surface area contributed by atoms with E-state index in [2.05, 4.69) is 23.5 Å². The number of hydrogen-bond donors (Lipinski definition) is 2. The first-order chi connectivity index (χ1) is 10.2. The number of carboxylic acids is 1. The third-order valence-corrected chi connectivity index (χ3v) is 3.97. The molecule has 0 heterocycles. The number of carboxylic acid groups (broad SMARTS) is 1. The van der Waals surface area contributed by atoms with Gasteiger partial charge in [-0.15, -0.1) is 0 Å². The summed E-state index contributed by atoms with van der Waals surface area (Å²) in [5.74, 6) is -0.793. The fourth-order valence-corrected chi connectivity index (χ4v) is 2.84. The van der Waals surface area contributed by atoms with Crippen molar-refractivity contribution >= 4 is 11.7 Å². The minimum atomic E-state index is -0.793. The highest BCUT2D eigenvalue weighted by Crippen LogP contribution is 2.25. The van der Waals surface area contributed by atoms with Crippen molar-refractivity contribution in [3.63, 3.8) is 0 Å². The lowest BCUT2D eigenvalue weighted by Crippen LogP contribution is -2.02. The molecule has 0 radical (unpaired) electrons.